The summed E-state index contributed by atoms with van der Waals surface area (Å²) in [6, 6.07) is 7.76. The van der Waals surface area contributed by atoms with Gasteiger partial charge in [-0.25, -0.2) is 4.98 Å². The molecule has 1 aromatic heterocycles. The Labute approximate surface area is 139 Å². The molecule has 2 atom stereocenters. The van der Waals surface area contributed by atoms with Crippen LogP contribution >= 0.6 is 11.3 Å². The smallest absolute Gasteiger partial charge is 0.265 e. The molecular formula is C17H19N3O2S. The summed E-state index contributed by atoms with van der Waals surface area (Å²) in [4.78, 5) is 19.8. The highest BCUT2D eigenvalue weighted by molar-refractivity contribution is 7.16. The zero-order valence-electron chi connectivity index (χ0n) is 13.0. The van der Waals surface area contributed by atoms with Crippen LogP contribution in [0.1, 0.15) is 9.67 Å². The number of likely N-dealkylation sites (tertiary alicyclic amines) is 1. The minimum atomic E-state index is 0.122. The maximum absolute atomic E-state index is 12.7. The standard InChI is InChI=1S/C17H19N3O2S/c1-22-14-4-2-11(3-5-14)16-19-8-15(23-16)17(21)20-9-12-6-18-7-13(12)10-20/h2-5,8,12-13,18H,6-7,9-10H2,1H3/t12-,13+. The minimum Gasteiger partial charge on any atom is -0.497 e. The largest absolute Gasteiger partial charge is 0.497 e. The van der Waals surface area contributed by atoms with Crippen molar-refractivity contribution in [3.05, 3.63) is 35.3 Å². The van der Waals surface area contributed by atoms with E-state index in [0.29, 0.717) is 11.8 Å². The Bertz CT molecular complexity index is 701. The molecule has 120 valence electrons. The fraction of sp³-hybridized carbons (Fsp3) is 0.412. The second-order valence-corrected chi connectivity index (χ2v) is 7.18. The molecule has 2 aliphatic rings. The lowest BCUT2D eigenvalue weighted by Crippen LogP contribution is -2.31. The van der Waals surface area contributed by atoms with Gasteiger partial charge in [0, 0.05) is 31.7 Å². The predicted molar refractivity (Wildman–Crippen MR) is 89.9 cm³/mol. The molecule has 2 fully saturated rings. The minimum absolute atomic E-state index is 0.122. The van der Waals surface area contributed by atoms with Gasteiger partial charge < -0.3 is 15.0 Å². The van der Waals surface area contributed by atoms with Gasteiger partial charge >= 0.3 is 0 Å². The normalized spacial score (nSPS) is 23.1. The summed E-state index contributed by atoms with van der Waals surface area (Å²) < 4.78 is 5.17. The number of fused-ring (bicyclic) bond motifs is 1. The van der Waals surface area contributed by atoms with Crippen molar-refractivity contribution in [1.82, 2.24) is 15.2 Å². The highest BCUT2D eigenvalue weighted by atomic mass is 32.1. The molecule has 1 aromatic carbocycles. The zero-order chi connectivity index (χ0) is 15.8. The summed E-state index contributed by atoms with van der Waals surface area (Å²) in [5.74, 6) is 2.18. The Morgan fingerprint density at radius 2 is 1.96 bits per heavy atom. The molecule has 2 aliphatic heterocycles. The predicted octanol–water partition coefficient (Wildman–Crippen LogP) is 2.11. The van der Waals surface area contributed by atoms with Gasteiger partial charge in [0.25, 0.3) is 5.91 Å². The molecule has 1 amide bonds. The molecule has 0 unspecified atom stereocenters. The number of rotatable bonds is 3. The third-order valence-corrected chi connectivity index (χ3v) is 5.76. The van der Waals surface area contributed by atoms with Gasteiger partial charge in [-0.1, -0.05) is 0 Å². The third kappa shape index (κ3) is 2.72. The molecule has 2 saturated heterocycles. The number of hydrogen-bond donors (Lipinski definition) is 1. The molecule has 0 spiro atoms. The number of nitrogens with one attached hydrogen (secondary N) is 1. The summed E-state index contributed by atoms with van der Waals surface area (Å²) in [6.07, 6.45) is 1.71. The van der Waals surface area contributed by atoms with Gasteiger partial charge in [-0.3, -0.25) is 4.79 Å². The first-order valence-corrected chi connectivity index (χ1v) is 8.66. The number of methoxy groups -OCH3 is 1. The zero-order valence-corrected chi connectivity index (χ0v) is 13.8. The van der Waals surface area contributed by atoms with Gasteiger partial charge in [0.05, 0.1) is 13.3 Å². The topological polar surface area (TPSA) is 54.5 Å². The van der Waals surface area contributed by atoms with E-state index in [1.165, 1.54) is 11.3 Å². The number of nitrogens with zero attached hydrogens (tertiary/aromatic N) is 2. The van der Waals surface area contributed by atoms with Gasteiger partial charge in [-0.15, -0.1) is 11.3 Å². The quantitative estimate of drug-likeness (QED) is 0.937. The van der Waals surface area contributed by atoms with E-state index in [1.54, 1.807) is 13.3 Å². The molecule has 23 heavy (non-hydrogen) atoms. The van der Waals surface area contributed by atoms with Crippen molar-refractivity contribution in [3.63, 3.8) is 0 Å². The number of amides is 1. The first kappa shape index (κ1) is 14.7. The Morgan fingerprint density at radius 1 is 1.26 bits per heavy atom. The number of thiazole rings is 1. The number of benzene rings is 1. The van der Waals surface area contributed by atoms with Crippen LogP contribution in [-0.2, 0) is 0 Å². The van der Waals surface area contributed by atoms with Crippen molar-refractivity contribution < 1.29 is 9.53 Å². The number of aromatic nitrogens is 1. The summed E-state index contributed by atoms with van der Waals surface area (Å²) in [6.45, 7) is 3.81. The molecule has 3 heterocycles. The van der Waals surface area contributed by atoms with E-state index in [0.717, 1.165) is 47.4 Å². The fourth-order valence-corrected chi connectivity index (χ4v) is 4.31. The van der Waals surface area contributed by atoms with Gasteiger partial charge in [-0.2, -0.15) is 0 Å². The lowest BCUT2D eigenvalue weighted by molar-refractivity contribution is 0.0786. The molecule has 1 N–H and O–H groups in total. The van der Waals surface area contributed by atoms with Gasteiger partial charge in [0.2, 0.25) is 0 Å². The van der Waals surface area contributed by atoms with E-state index in [1.807, 2.05) is 29.2 Å². The molecule has 0 radical (unpaired) electrons. The Morgan fingerprint density at radius 3 is 2.61 bits per heavy atom. The van der Waals surface area contributed by atoms with Crippen LogP contribution in [0.3, 0.4) is 0 Å². The molecule has 0 bridgehead atoms. The van der Waals surface area contributed by atoms with E-state index in [9.17, 15) is 4.79 Å². The SMILES string of the molecule is COc1ccc(-c2ncc(C(=O)N3C[C@H]4CNC[C@H]4C3)s2)cc1. The number of carbonyl (C=O) groups is 1. The third-order valence-electron chi connectivity index (χ3n) is 4.73. The second-order valence-electron chi connectivity index (χ2n) is 6.15. The molecule has 5 nitrogen and oxygen atoms in total. The highest BCUT2D eigenvalue weighted by Gasteiger charge is 2.38. The molecule has 2 aromatic rings. The van der Waals surface area contributed by atoms with Crippen molar-refractivity contribution in [1.29, 1.82) is 0 Å². The van der Waals surface area contributed by atoms with Gasteiger partial charge in [0.1, 0.15) is 15.6 Å². The monoisotopic (exact) mass is 329 g/mol. The van der Waals surface area contributed by atoms with Crippen LogP contribution in [0.25, 0.3) is 10.6 Å². The van der Waals surface area contributed by atoms with E-state index in [-0.39, 0.29) is 5.91 Å². The van der Waals surface area contributed by atoms with E-state index in [4.69, 9.17) is 4.74 Å². The van der Waals surface area contributed by atoms with Crippen molar-refractivity contribution >= 4 is 17.2 Å². The molecule has 4 rings (SSSR count). The van der Waals surface area contributed by atoms with Crippen LogP contribution in [0.2, 0.25) is 0 Å². The van der Waals surface area contributed by atoms with Crippen LogP contribution in [-0.4, -0.2) is 49.1 Å². The summed E-state index contributed by atoms with van der Waals surface area (Å²) in [5.41, 5.74) is 1.01. The maximum Gasteiger partial charge on any atom is 0.265 e. The Balaban J connectivity index is 1.50. The van der Waals surface area contributed by atoms with Crippen LogP contribution in [0, 0.1) is 11.8 Å². The van der Waals surface area contributed by atoms with Crippen molar-refractivity contribution in [3.8, 4) is 16.3 Å². The first-order valence-electron chi connectivity index (χ1n) is 7.85. The number of ether oxygens (including phenoxy) is 1. The Hall–Kier alpha value is -1.92. The average Bonchev–Trinajstić information content (AvgIpc) is 3.29. The first-order chi connectivity index (χ1) is 11.2. The van der Waals surface area contributed by atoms with E-state index in [2.05, 4.69) is 10.3 Å². The Kier molecular flexibility index (Phi) is 3.79. The maximum atomic E-state index is 12.7. The van der Waals surface area contributed by atoms with Crippen molar-refractivity contribution in [2.75, 3.05) is 33.3 Å². The van der Waals surface area contributed by atoms with Crippen molar-refractivity contribution in [2.24, 2.45) is 11.8 Å². The summed E-state index contributed by atoms with van der Waals surface area (Å²) >= 11 is 1.46. The number of carbonyl (C=O) groups excluding carboxylic acids is 1. The number of hydrogen-bond acceptors (Lipinski definition) is 5. The van der Waals surface area contributed by atoms with E-state index >= 15 is 0 Å². The summed E-state index contributed by atoms with van der Waals surface area (Å²) in [7, 11) is 1.65. The van der Waals surface area contributed by atoms with Gasteiger partial charge in [0.15, 0.2) is 0 Å². The van der Waals surface area contributed by atoms with E-state index < -0.39 is 0 Å². The van der Waals surface area contributed by atoms with Crippen LogP contribution in [0.4, 0.5) is 0 Å². The summed E-state index contributed by atoms with van der Waals surface area (Å²) in [5, 5.41) is 4.27. The van der Waals surface area contributed by atoms with Crippen LogP contribution in [0.15, 0.2) is 30.5 Å². The van der Waals surface area contributed by atoms with Gasteiger partial charge in [-0.05, 0) is 36.1 Å². The molecule has 0 aliphatic carbocycles. The molecule has 6 heteroatoms. The second kappa shape index (κ2) is 5.94. The fourth-order valence-electron chi connectivity index (χ4n) is 3.42. The average molecular weight is 329 g/mol. The molecular weight excluding hydrogens is 310 g/mol. The highest BCUT2D eigenvalue weighted by Crippen LogP contribution is 2.31. The van der Waals surface area contributed by atoms with Crippen molar-refractivity contribution in [2.45, 2.75) is 0 Å². The lowest BCUT2D eigenvalue weighted by Gasteiger charge is -2.15. The van der Waals surface area contributed by atoms with Crippen LogP contribution in [0.5, 0.6) is 5.75 Å². The molecule has 0 saturated carbocycles. The van der Waals surface area contributed by atoms with Crippen LogP contribution < -0.4 is 10.1 Å². The lowest BCUT2D eigenvalue weighted by atomic mass is 10.0.